The number of nitrogens with one attached hydrogen (secondary N) is 3. The maximum absolute atomic E-state index is 14.6. The van der Waals surface area contributed by atoms with Crippen molar-refractivity contribution in [2.75, 3.05) is 36.9 Å². The average Bonchev–Trinajstić information content (AvgIpc) is 3.84. The Bertz CT molecular complexity index is 1150. The minimum absolute atomic E-state index is 0.00504. The molecular weight excluding hydrogens is 497 g/mol. The zero-order valence-electron chi connectivity index (χ0n) is 23.0. The van der Waals surface area contributed by atoms with Crippen LogP contribution in [0.15, 0.2) is 47.5 Å². The van der Waals surface area contributed by atoms with Crippen LogP contribution < -0.4 is 20.9 Å². The van der Waals surface area contributed by atoms with Gasteiger partial charge in [0, 0.05) is 38.8 Å². The number of anilines is 2. The van der Waals surface area contributed by atoms with Crippen LogP contribution in [0, 0.1) is 23.6 Å². The lowest BCUT2D eigenvalue weighted by atomic mass is 9.96. The van der Waals surface area contributed by atoms with Gasteiger partial charge in [-0.2, -0.15) is 0 Å². The minimum Gasteiger partial charge on any atom is -0.370 e. The molecule has 3 amide bonds. The van der Waals surface area contributed by atoms with E-state index in [4.69, 9.17) is 0 Å². The fourth-order valence-electron chi connectivity index (χ4n) is 5.03. The van der Waals surface area contributed by atoms with Gasteiger partial charge in [-0.05, 0) is 68.9 Å². The third-order valence-electron chi connectivity index (χ3n) is 7.76. The van der Waals surface area contributed by atoms with Gasteiger partial charge in [0.25, 0.3) is 5.91 Å². The molecule has 1 heterocycles. The first-order chi connectivity index (χ1) is 18.8. The van der Waals surface area contributed by atoms with E-state index >= 15 is 0 Å². The van der Waals surface area contributed by atoms with Gasteiger partial charge < -0.3 is 20.9 Å². The van der Waals surface area contributed by atoms with Gasteiger partial charge in [0.2, 0.25) is 11.8 Å². The predicted molar refractivity (Wildman–Crippen MR) is 152 cm³/mol. The van der Waals surface area contributed by atoms with E-state index in [0.717, 1.165) is 32.1 Å². The number of benzene rings is 1. The summed E-state index contributed by atoms with van der Waals surface area (Å²) >= 11 is 0. The first-order valence-corrected chi connectivity index (χ1v) is 14.0. The molecule has 0 radical (unpaired) electrons. The number of carbonyl (C=O) groups is 3. The average molecular weight is 538 g/mol. The summed E-state index contributed by atoms with van der Waals surface area (Å²) in [6.07, 6.45) is 10.5. The minimum atomic E-state index is -0.865. The van der Waals surface area contributed by atoms with Crippen molar-refractivity contribution in [3.8, 4) is 0 Å². The predicted octanol–water partition coefficient (Wildman–Crippen LogP) is 3.99. The number of halogens is 1. The molecule has 3 aliphatic rings. The van der Waals surface area contributed by atoms with Crippen molar-refractivity contribution in [2.45, 2.75) is 57.4 Å². The van der Waals surface area contributed by atoms with E-state index in [9.17, 15) is 18.8 Å². The van der Waals surface area contributed by atoms with E-state index in [2.05, 4.69) is 32.4 Å². The number of aliphatic imine (C=N–C) groups is 1. The number of nitrogens with zero attached hydrogens (tertiary/aromatic N) is 2. The molecule has 3 fully saturated rings. The Kier molecular flexibility index (Phi) is 9.20. The fraction of sp³-hybridized carbons (Fsp3) is 0.533. The molecule has 1 saturated heterocycles. The van der Waals surface area contributed by atoms with Crippen LogP contribution in [-0.2, 0) is 14.4 Å². The van der Waals surface area contributed by atoms with Crippen LogP contribution in [0.5, 0.6) is 0 Å². The molecule has 2 aliphatic carbocycles. The van der Waals surface area contributed by atoms with Gasteiger partial charge in [0.15, 0.2) is 0 Å². The Morgan fingerprint density at radius 3 is 2.54 bits per heavy atom. The van der Waals surface area contributed by atoms with Crippen molar-refractivity contribution < 1.29 is 18.8 Å². The van der Waals surface area contributed by atoms with Crippen LogP contribution in [0.1, 0.15) is 51.9 Å². The molecule has 0 spiro atoms. The number of hydrogen-bond donors (Lipinski definition) is 3. The van der Waals surface area contributed by atoms with Gasteiger partial charge >= 0.3 is 0 Å². The molecule has 8 nitrogen and oxygen atoms in total. The van der Waals surface area contributed by atoms with Gasteiger partial charge in [-0.3, -0.25) is 19.4 Å². The molecule has 3 N–H and O–H groups in total. The second kappa shape index (κ2) is 12.6. The van der Waals surface area contributed by atoms with E-state index < -0.39 is 11.4 Å². The highest BCUT2D eigenvalue weighted by Gasteiger charge is 2.51. The topological polar surface area (TPSA) is 103 Å². The van der Waals surface area contributed by atoms with E-state index in [0.29, 0.717) is 43.7 Å². The highest BCUT2D eigenvalue weighted by molar-refractivity contribution is 6.13. The molecule has 1 atom stereocenters. The quantitative estimate of drug-likeness (QED) is 0.213. The van der Waals surface area contributed by atoms with Crippen LogP contribution in [0.2, 0.25) is 0 Å². The number of amides is 3. The third kappa shape index (κ3) is 7.34. The van der Waals surface area contributed by atoms with Crippen LogP contribution >= 0.6 is 0 Å². The summed E-state index contributed by atoms with van der Waals surface area (Å²) in [6, 6.07) is 4.88. The largest absolute Gasteiger partial charge is 0.370 e. The summed E-state index contributed by atoms with van der Waals surface area (Å²) in [7, 11) is 1.61. The maximum atomic E-state index is 14.6. The molecular formula is C30H40FN5O3. The first kappa shape index (κ1) is 28.5. The van der Waals surface area contributed by atoms with Gasteiger partial charge in [-0.1, -0.05) is 25.1 Å². The summed E-state index contributed by atoms with van der Waals surface area (Å²) < 4.78 is 14.6. The summed E-state index contributed by atoms with van der Waals surface area (Å²) in [4.78, 5) is 44.4. The molecule has 1 aromatic carbocycles. The highest BCUT2D eigenvalue weighted by atomic mass is 19.1. The van der Waals surface area contributed by atoms with Crippen molar-refractivity contribution >= 4 is 35.3 Å². The highest BCUT2D eigenvalue weighted by Crippen LogP contribution is 2.37. The summed E-state index contributed by atoms with van der Waals surface area (Å²) in [6.45, 7) is 7.67. The molecule has 9 heteroatoms. The molecule has 4 rings (SSSR count). The molecule has 1 aliphatic heterocycles. The number of rotatable bonds is 12. The van der Waals surface area contributed by atoms with Crippen LogP contribution in [-0.4, -0.2) is 56.2 Å². The normalized spacial score (nSPS) is 19.9. The second-order valence-corrected chi connectivity index (χ2v) is 11.1. The van der Waals surface area contributed by atoms with Crippen molar-refractivity contribution in [3.63, 3.8) is 0 Å². The molecule has 1 unspecified atom stereocenters. The van der Waals surface area contributed by atoms with Crippen LogP contribution in [0.25, 0.3) is 0 Å². The second-order valence-electron chi connectivity index (χ2n) is 11.1. The number of carbonyl (C=O) groups excluding carboxylic acids is 3. The van der Waals surface area contributed by atoms with Crippen molar-refractivity contribution in [1.29, 1.82) is 0 Å². The number of hydrogen-bond acceptors (Lipinski definition) is 5. The van der Waals surface area contributed by atoms with Gasteiger partial charge in [-0.15, -0.1) is 6.58 Å². The van der Waals surface area contributed by atoms with Crippen LogP contribution in [0.3, 0.4) is 0 Å². The van der Waals surface area contributed by atoms with Crippen LogP contribution in [0.4, 0.5) is 15.8 Å². The number of piperidine rings is 1. The smallest absolute Gasteiger partial charge is 0.253 e. The standard InChI is InChI=1S/C30H40FN5O3/c1-4-6-20(2)17-23(19-32-3)28(38)35-30(13-14-30)29(39)33-18-21-11-15-36(16-12-21)25-8-5-7-24(31)26(25)34-27(37)22-9-10-22/h4-5,7-8,17,19-22H,1,6,9-16,18H2,2-3H3,(H,33,39)(H,34,37)(H,35,38). The lowest BCUT2D eigenvalue weighted by molar-refractivity contribution is -0.128. The Balaban J connectivity index is 1.28. The van der Waals surface area contributed by atoms with E-state index in [1.165, 1.54) is 12.3 Å². The molecule has 2 saturated carbocycles. The Hall–Kier alpha value is -3.49. The first-order valence-electron chi connectivity index (χ1n) is 14.0. The number of allylic oxidation sites excluding steroid dienone is 2. The molecule has 39 heavy (non-hydrogen) atoms. The zero-order valence-corrected chi connectivity index (χ0v) is 23.0. The van der Waals surface area contributed by atoms with E-state index in [-0.39, 0.29) is 41.2 Å². The van der Waals surface area contributed by atoms with Crippen molar-refractivity contribution in [1.82, 2.24) is 10.6 Å². The molecule has 210 valence electrons. The van der Waals surface area contributed by atoms with E-state index in [1.807, 2.05) is 25.1 Å². The zero-order chi connectivity index (χ0) is 28.0. The lowest BCUT2D eigenvalue weighted by Crippen LogP contribution is -2.51. The Morgan fingerprint density at radius 2 is 1.92 bits per heavy atom. The summed E-state index contributed by atoms with van der Waals surface area (Å²) in [5.41, 5.74) is 0.542. The SMILES string of the molecule is C=CCC(C)C=C(C=NC)C(=O)NC1(C(=O)NCC2CCN(c3cccc(F)c3NC(=O)C3CC3)CC2)CC1. The molecule has 0 bridgehead atoms. The fourth-order valence-corrected chi connectivity index (χ4v) is 5.03. The molecule has 1 aromatic rings. The summed E-state index contributed by atoms with van der Waals surface area (Å²) in [5, 5.41) is 8.80. The van der Waals surface area contributed by atoms with Crippen molar-refractivity contribution in [2.24, 2.45) is 22.7 Å². The summed E-state index contributed by atoms with van der Waals surface area (Å²) in [5.74, 6) is -0.583. The Morgan fingerprint density at radius 1 is 1.21 bits per heavy atom. The molecule has 0 aromatic heterocycles. The van der Waals surface area contributed by atoms with E-state index in [1.54, 1.807) is 13.1 Å². The van der Waals surface area contributed by atoms with Gasteiger partial charge in [0.1, 0.15) is 17.0 Å². The number of para-hydroxylation sites is 1. The Labute approximate surface area is 230 Å². The monoisotopic (exact) mass is 537 g/mol. The van der Waals surface area contributed by atoms with Gasteiger partial charge in [-0.25, -0.2) is 4.39 Å². The van der Waals surface area contributed by atoms with Crippen molar-refractivity contribution in [3.05, 3.63) is 48.3 Å². The third-order valence-corrected chi connectivity index (χ3v) is 7.76. The maximum Gasteiger partial charge on any atom is 0.253 e. The van der Waals surface area contributed by atoms with Gasteiger partial charge in [0.05, 0.1) is 11.3 Å². The lowest BCUT2D eigenvalue weighted by Gasteiger charge is -2.35.